The van der Waals surface area contributed by atoms with Gasteiger partial charge in [0.25, 0.3) is 0 Å². The van der Waals surface area contributed by atoms with Gasteiger partial charge in [-0.25, -0.2) is 8.42 Å². The summed E-state index contributed by atoms with van der Waals surface area (Å²) in [4.78, 5) is 0.252. The van der Waals surface area contributed by atoms with Crippen molar-refractivity contribution in [1.29, 1.82) is 5.26 Å². The first-order valence-electron chi connectivity index (χ1n) is 4.60. The van der Waals surface area contributed by atoms with E-state index in [2.05, 4.69) is 0 Å². The van der Waals surface area contributed by atoms with E-state index in [1.165, 1.54) is 6.92 Å². The lowest BCUT2D eigenvalue weighted by molar-refractivity contribution is 0.591. The van der Waals surface area contributed by atoms with Gasteiger partial charge in [-0.05, 0) is 32.4 Å². The van der Waals surface area contributed by atoms with Gasteiger partial charge in [0.2, 0.25) is 0 Å². The minimum Gasteiger partial charge on any atom is -0.222 e. The summed E-state index contributed by atoms with van der Waals surface area (Å²) < 4.78 is 23.7. The van der Waals surface area contributed by atoms with Crippen molar-refractivity contribution in [2.45, 2.75) is 30.9 Å². The maximum atomic E-state index is 11.9. The number of hydrogen-bond acceptors (Lipinski definition) is 3. The van der Waals surface area contributed by atoms with Crippen molar-refractivity contribution in [3.8, 4) is 6.07 Å². The first-order valence-corrected chi connectivity index (χ1v) is 6.15. The molecule has 0 heterocycles. The van der Waals surface area contributed by atoms with Crippen LogP contribution in [-0.2, 0) is 9.84 Å². The number of benzene rings is 1. The predicted molar refractivity (Wildman–Crippen MR) is 58.2 cm³/mol. The van der Waals surface area contributed by atoms with Crippen LogP contribution in [0.4, 0.5) is 0 Å². The second kappa shape index (κ2) is 4.03. The van der Waals surface area contributed by atoms with Crippen molar-refractivity contribution in [2.24, 2.45) is 0 Å². The Morgan fingerprint density at radius 1 is 1.33 bits per heavy atom. The number of aryl methyl sites for hydroxylation is 2. The van der Waals surface area contributed by atoms with Gasteiger partial charge < -0.3 is 0 Å². The summed E-state index contributed by atoms with van der Waals surface area (Å²) in [5, 5.41) is 7.65. The molecule has 0 saturated carbocycles. The number of nitrogens with zero attached hydrogens (tertiary/aromatic N) is 1. The first-order chi connectivity index (χ1) is 6.89. The number of hydrogen-bond donors (Lipinski definition) is 0. The zero-order valence-corrected chi connectivity index (χ0v) is 9.80. The lowest BCUT2D eigenvalue weighted by Crippen LogP contribution is -2.16. The third kappa shape index (κ3) is 2.18. The van der Waals surface area contributed by atoms with E-state index in [9.17, 15) is 8.42 Å². The van der Waals surface area contributed by atoms with E-state index in [1.54, 1.807) is 31.2 Å². The van der Waals surface area contributed by atoms with Crippen molar-refractivity contribution in [1.82, 2.24) is 0 Å². The summed E-state index contributed by atoms with van der Waals surface area (Å²) in [6.07, 6.45) is 0. The fourth-order valence-corrected chi connectivity index (χ4v) is 2.66. The highest BCUT2D eigenvalue weighted by Crippen LogP contribution is 2.20. The Morgan fingerprint density at radius 3 is 2.40 bits per heavy atom. The molecule has 4 heteroatoms. The Bertz CT molecular complexity index is 512. The molecule has 1 aromatic rings. The molecule has 1 unspecified atom stereocenters. The summed E-state index contributed by atoms with van der Waals surface area (Å²) in [5.41, 5.74) is 1.70. The molecule has 1 atom stereocenters. The topological polar surface area (TPSA) is 57.9 Å². The molecule has 0 spiro atoms. The Kier molecular flexibility index (Phi) is 3.15. The lowest BCUT2D eigenvalue weighted by Gasteiger charge is -2.09. The third-order valence-corrected chi connectivity index (χ3v) is 4.39. The molecular formula is C11H13NO2S. The van der Waals surface area contributed by atoms with Crippen LogP contribution in [0.2, 0.25) is 0 Å². The molecule has 1 aromatic carbocycles. The van der Waals surface area contributed by atoms with E-state index >= 15 is 0 Å². The standard InChI is InChI=1S/C11H13NO2S/c1-8-4-5-11(9(2)6-8)15(13,14)10(3)7-12/h4-6,10H,1-3H3. The smallest absolute Gasteiger partial charge is 0.194 e. The van der Waals surface area contributed by atoms with Gasteiger partial charge in [0.1, 0.15) is 5.25 Å². The van der Waals surface area contributed by atoms with E-state index in [0.717, 1.165) is 5.56 Å². The maximum Gasteiger partial charge on any atom is 0.194 e. The molecule has 0 aliphatic heterocycles. The summed E-state index contributed by atoms with van der Waals surface area (Å²) in [6, 6.07) is 6.86. The monoisotopic (exact) mass is 223 g/mol. The minimum absolute atomic E-state index is 0.252. The van der Waals surface area contributed by atoms with Crippen LogP contribution >= 0.6 is 0 Å². The van der Waals surface area contributed by atoms with Crippen LogP contribution in [0.3, 0.4) is 0 Å². The van der Waals surface area contributed by atoms with Gasteiger partial charge in [-0.15, -0.1) is 0 Å². The number of nitriles is 1. The van der Waals surface area contributed by atoms with Gasteiger partial charge >= 0.3 is 0 Å². The highest BCUT2D eigenvalue weighted by Gasteiger charge is 2.24. The second-order valence-electron chi connectivity index (χ2n) is 3.59. The summed E-state index contributed by atoms with van der Waals surface area (Å²) in [5.74, 6) is 0. The average Bonchev–Trinajstić information content (AvgIpc) is 2.15. The van der Waals surface area contributed by atoms with Gasteiger partial charge in [-0.1, -0.05) is 17.7 Å². The van der Waals surface area contributed by atoms with Gasteiger partial charge in [-0.2, -0.15) is 5.26 Å². The van der Waals surface area contributed by atoms with Gasteiger partial charge in [0.15, 0.2) is 9.84 Å². The van der Waals surface area contributed by atoms with Crippen LogP contribution in [0.25, 0.3) is 0 Å². The largest absolute Gasteiger partial charge is 0.222 e. The molecule has 15 heavy (non-hydrogen) atoms. The van der Waals surface area contributed by atoms with Crippen molar-refractivity contribution in [2.75, 3.05) is 0 Å². The molecule has 0 fully saturated rings. The lowest BCUT2D eigenvalue weighted by atomic mass is 10.2. The minimum atomic E-state index is -3.50. The van der Waals surface area contributed by atoms with Crippen LogP contribution in [0.15, 0.2) is 23.1 Å². The van der Waals surface area contributed by atoms with Crippen LogP contribution in [0, 0.1) is 25.2 Å². The van der Waals surface area contributed by atoms with Crippen LogP contribution < -0.4 is 0 Å². The molecule has 80 valence electrons. The average molecular weight is 223 g/mol. The van der Waals surface area contributed by atoms with E-state index in [0.29, 0.717) is 5.56 Å². The van der Waals surface area contributed by atoms with Crippen molar-refractivity contribution in [3.63, 3.8) is 0 Å². The quantitative estimate of drug-likeness (QED) is 0.770. The predicted octanol–water partition coefficient (Wildman–Crippen LogP) is 1.99. The SMILES string of the molecule is Cc1ccc(S(=O)(=O)C(C)C#N)c(C)c1. The molecule has 0 N–H and O–H groups in total. The number of sulfone groups is 1. The van der Waals surface area contributed by atoms with Crippen molar-refractivity contribution < 1.29 is 8.42 Å². The Morgan fingerprint density at radius 2 is 1.93 bits per heavy atom. The van der Waals surface area contributed by atoms with Crippen molar-refractivity contribution in [3.05, 3.63) is 29.3 Å². The molecule has 0 bridgehead atoms. The normalized spacial score (nSPS) is 13.2. The molecule has 0 aliphatic carbocycles. The maximum absolute atomic E-state index is 11.9. The highest BCUT2D eigenvalue weighted by atomic mass is 32.2. The first kappa shape index (κ1) is 11.7. The van der Waals surface area contributed by atoms with Gasteiger partial charge in [-0.3, -0.25) is 0 Å². The fourth-order valence-electron chi connectivity index (χ4n) is 1.38. The number of rotatable bonds is 2. The zero-order valence-electron chi connectivity index (χ0n) is 8.98. The van der Waals surface area contributed by atoms with Crippen molar-refractivity contribution >= 4 is 9.84 Å². The summed E-state index contributed by atoms with van der Waals surface area (Å²) >= 11 is 0. The highest BCUT2D eigenvalue weighted by molar-refractivity contribution is 7.92. The van der Waals surface area contributed by atoms with Crippen LogP contribution in [0.1, 0.15) is 18.1 Å². The van der Waals surface area contributed by atoms with Gasteiger partial charge in [0.05, 0.1) is 11.0 Å². The molecular weight excluding hydrogens is 210 g/mol. The van der Waals surface area contributed by atoms with E-state index < -0.39 is 15.1 Å². The Labute approximate surface area is 90.3 Å². The fraction of sp³-hybridized carbons (Fsp3) is 0.364. The molecule has 0 radical (unpaired) electrons. The third-order valence-electron chi connectivity index (χ3n) is 2.28. The molecule has 1 rings (SSSR count). The van der Waals surface area contributed by atoms with Crippen LogP contribution in [-0.4, -0.2) is 13.7 Å². The molecule has 0 aromatic heterocycles. The van der Waals surface area contributed by atoms with Gasteiger partial charge in [0, 0.05) is 0 Å². The summed E-state index contributed by atoms with van der Waals surface area (Å²) in [7, 11) is -3.50. The Hall–Kier alpha value is -1.34. The second-order valence-corrected chi connectivity index (χ2v) is 5.82. The molecule has 0 saturated heterocycles. The van der Waals surface area contributed by atoms with Crippen LogP contribution in [0.5, 0.6) is 0 Å². The van der Waals surface area contributed by atoms with E-state index in [-0.39, 0.29) is 4.90 Å². The summed E-state index contributed by atoms with van der Waals surface area (Å²) in [6.45, 7) is 5.04. The van der Waals surface area contributed by atoms with E-state index in [1.807, 2.05) is 6.92 Å². The molecule has 0 aliphatic rings. The van der Waals surface area contributed by atoms with E-state index in [4.69, 9.17) is 5.26 Å². The molecule has 0 amide bonds. The molecule has 3 nitrogen and oxygen atoms in total. The Balaban J connectivity index is 3.36. The zero-order chi connectivity index (χ0) is 11.6.